The van der Waals surface area contributed by atoms with Crippen LogP contribution < -0.4 is 0 Å². The Morgan fingerprint density at radius 3 is 2.25 bits per heavy atom. The molecule has 2 aromatic carbocycles. The third kappa shape index (κ3) is 2.39. The summed E-state index contributed by atoms with van der Waals surface area (Å²) in [6.45, 7) is 2.94. The van der Waals surface area contributed by atoms with Gasteiger partial charge in [0.25, 0.3) is 0 Å². The second-order valence-corrected chi connectivity index (χ2v) is 5.46. The van der Waals surface area contributed by atoms with Gasteiger partial charge in [-0.05, 0) is 25.3 Å². The van der Waals surface area contributed by atoms with Gasteiger partial charge >= 0.3 is 0 Å². The molecule has 0 spiro atoms. The molecule has 0 amide bonds. The highest BCUT2D eigenvalue weighted by atomic mass is 16.5. The zero-order chi connectivity index (χ0) is 14.0. The second-order valence-electron chi connectivity index (χ2n) is 5.46. The monoisotopic (exact) mass is 266 g/mol. The van der Waals surface area contributed by atoms with Crippen LogP contribution >= 0.6 is 0 Å². The van der Waals surface area contributed by atoms with Crippen LogP contribution in [0.15, 0.2) is 54.6 Å². The maximum atomic E-state index is 12.3. The van der Waals surface area contributed by atoms with Crippen LogP contribution in [0.1, 0.15) is 41.3 Å². The number of carbonyl (C=O) groups is 1. The Bertz CT molecular complexity index is 593. The largest absolute Gasteiger partial charge is 0.371 e. The smallest absolute Gasteiger partial charge is 0.193 e. The van der Waals surface area contributed by atoms with Crippen molar-refractivity contribution in [2.45, 2.75) is 25.4 Å². The van der Waals surface area contributed by atoms with E-state index < -0.39 is 0 Å². The molecule has 1 fully saturated rings. The van der Waals surface area contributed by atoms with Gasteiger partial charge in [0.05, 0.1) is 5.60 Å². The lowest BCUT2D eigenvalue weighted by Gasteiger charge is -2.23. The molecule has 0 saturated carbocycles. The Labute approximate surface area is 119 Å². The van der Waals surface area contributed by atoms with Gasteiger partial charge in [0, 0.05) is 17.7 Å². The first-order valence-corrected chi connectivity index (χ1v) is 7.03. The Morgan fingerprint density at radius 1 is 1.00 bits per heavy atom. The van der Waals surface area contributed by atoms with Crippen LogP contribution in [0, 0.1) is 0 Å². The van der Waals surface area contributed by atoms with Crippen molar-refractivity contribution in [3.8, 4) is 0 Å². The molecule has 1 heterocycles. The predicted octanol–water partition coefficient (Wildman–Crippen LogP) is 3.94. The Kier molecular flexibility index (Phi) is 3.41. The minimum absolute atomic E-state index is 0.0645. The Morgan fingerprint density at radius 2 is 1.65 bits per heavy atom. The van der Waals surface area contributed by atoms with Crippen LogP contribution in [0.2, 0.25) is 0 Å². The zero-order valence-electron chi connectivity index (χ0n) is 11.6. The molecule has 1 unspecified atom stereocenters. The Hall–Kier alpha value is -1.93. The molecule has 0 radical (unpaired) electrons. The van der Waals surface area contributed by atoms with Gasteiger partial charge in [-0.3, -0.25) is 4.79 Å². The maximum Gasteiger partial charge on any atom is 0.193 e. The van der Waals surface area contributed by atoms with E-state index in [1.54, 1.807) is 0 Å². The predicted molar refractivity (Wildman–Crippen MR) is 78.9 cm³/mol. The van der Waals surface area contributed by atoms with Crippen molar-refractivity contribution in [1.29, 1.82) is 0 Å². The first-order chi connectivity index (χ1) is 9.69. The summed E-state index contributed by atoms with van der Waals surface area (Å²) < 4.78 is 5.83. The summed E-state index contributed by atoms with van der Waals surface area (Å²) in [5, 5.41) is 0. The molecule has 1 atom stereocenters. The highest BCUT2D eigenvalue weighted by Gasteiger charge is 2.31. The van der Waals surface area contributed by atoms with Crippen LogP contribution in [0.4, 0.5) is 0 Å². The first-order valence-electron chi connectivity index (χ1n) is 7.03. The van der Waals surface area contributed by atoms with Gasteiger partial charge in [0.15, 0.2) is 5.78 Å². The van der Waals surface area contributed by atoms with Crippen molar-refractivity contribution in [3.05, 3.63) is 71.3 Å². The van der Waals surface area contributed by atoms with Crippen LogP contribution in [0.5, 0.6) is 0 Å². The number of ketones is 1. The SMILES string of the molecule is CC1(c2ccc(C(=O)c3ccccc3)cc2)CCCO1. The van der Waals surface area contributed by atoms with E-state index in [2.05, 4.69) is 6.92 Å². The third-order valence-corrected chi connectivity index (χ3v) is 4.01. The van der Waals surface area contributed by atoms with Crippen LogP contribution in [0.3, 0.4) is 0 Å². The fourth-order valence-electron chi connectivity index (χ4n) is 2.74. The molecule has 0 aliphatic carbocycles. The van der Waals surface area contributed by atoms with Crippen molar-refractivity contribution < 1.29 is 9.53 Å². The van der Waals surface area contributed by atoms with Crippen molar-refractivity contribution in [1.82, 2.24) is 0 Å². The standard InChI is InChI=1S/C18H18O2/c1-18(12-5-13-20-18)16-10-8-15(9-11-16)17(19)14-6-3-2-4-7-14/h2-4,6-11H,5,12-13H2,1H3. The molecule has 0 N–H and O–H groups in total. The van der Waals surface area contributed by atoms with Gasteiger partial charge < -0.3 is 4.74 Å². The molecular formula is C18H18O2. The second kappa shape index (κ2) is 5.22. The zero-order valence-corrected chi connectivity index (χ0v) is 11.6. The maximum absolute atomic E-state index is 12.3. The lowest BCUT2D eigenvalue weighted by molar-refractivity contribution is 0.0168. The normalized spacial score (nSPS) is 21.9. The van der Waals surface area contributed by atoms with E-state index in [1.165, 1.54) is 0 Å². The molecular weight excluding hydrogens is 248 g/mol. The topological polar surface area (TPSA) is 26.3 Å². The molecule has 20 heavy (non-hydrogen) atoms. The van der Waals surface area contributed by atoms with E-state index in [0.717, 1.165) is 36.1 Å². The average Bonchev–Trinajstić information content (AvgIpc) is 2.96. The quantitative estimate of drug-likeness (QED) is 0.786. The van der Waals surface area contributed by atoms with E-state index in [-0.39, 0.29) is 11.4 Å². The van der Waals surface area contributed by atoms with E-state index in [0.29, 0.717) is 0 Å². The third-order valence-electron chi connectivity index (χ3n) is 4.01. The average molecular weight is 266 g/mol. The molecule has 1 aliphatic heterocycles. The number of ether oxygens (including phenoxy) is 1. The van der Waals surface area contributed by atoms with E-state index >= 15 is 0 Å². The molecule has 2 aromatic rings. The number of carbonyl (C=O) groups excluding carboxylic acids is 1. The molecule has 1 saturated heterocycles. The van der Waals surface area contributed by atoms with Crippen molar-refractivity contribution in [2.24, 2.45) is 0 Å². The molecule has 2 heteroatoms. The van der Waals surface area contributed by atoms with E-state index in [1.807, 2.05) is 54.6 Å². The van der Waals surface area contributed by atoms with Gasteiger partial charge in [-0.1, -0.05) is 54.6 Å². The molecule has 3 rings (SSSR count). The summed E-state index contributed by atoms with van der Waals surface area (Å²) in [5.41, 5.74) is 2.42. The fraction of sp³-hybridized carbons (Fsp3) is 0.278. The van der Waals surface area contributed by atoms with Crippen molar-refractivity contribution in [3.63, 3.8) is 0 Å². The Balaban J connectivity index is 1.85. The highest BCUT2D eigenvalue weighted by Crippen LogP contribution is 2.35. The molecule has 102 valence electrons. The van der Waals surface area contributed by atoms with Gasteiger partial charge in [0.2, 0.25) is 0 Å². The van der Waals surface area contributed by atoms with Crippen LogP contribution in [-0.2, 0) is 10.3 Å². The number of benzene rings is 2. The summed E-state index contributed by atoms with van der Waals surface area (Å²) in [4.78, 5) is 12.3. The minimum Gasteiger partial charge on any atom is -0.371 e. The van der Waals surface area contributed by atoms with Gasteiger partial charge in [-0.2, -0.15) is 0 Å². The number of hydrogen-bond acceptors (Lipinski definition) is 2. The summed E-state index contributed by atoms with van der Waals surface area (Å²) in [7, 11) is 0. The molecule has 2 nitrogen and oxygen atoms in total. The van der Waals surface area contributed by atoms with E-state index in [9.17, 15) is 4.79 Å². The number of hydrogen-bond donors (Lipinski definition) is 0. The molecule has 1 aliphatic rings. The number of rotatable bonds is 3. The minimum atomic E-state index is -0.186. The first kappa shape index (κ1) is 13.1. The summed E-state index contributed by atoms with van der Waals surface area (Å²) in [5.74, 6) is 0.0645. The van der Waals surface area contributed by atoms with Crippen molar-refractivity contribution >= 4 is 5.78 Å². The van der Waals surface area contributed by atoms with Gasteiger partial charge in [-0.25, -0.2) is 0 Å². The van der Waals surface area contributed by atoms with Gasteiger partial charge in [0.1, 0.15) is 0 Å². The lowest BCUT2D eigenvalue weighted by Crippen LogP contribution is -2.19. The lowest BCUT2D eigenvalue weighted by atomic mass is 9.91. The van der Waals surface area contributed by atoms with Gasteiger partial charge in [-0.15, -0.1) is 0 Å². The summed E-state index contributed by atoms with van der Waals surface area (Å²) in [6, 6.07) is 17.2. The fourth-order valence-corrected chi connectivity index (χ4v) is 2.74. The summed E-state index contributed by atoms with van der Waals surface area (Å²) in [6.07, 6.45) is 2.14. The summed E-state index contributed by atoms with van der Waals surface area (Å²) >= 11 is 0. The van der Waals surface area contributed by atoms with E-state index in [4.69, 9.17) is 4.74 Å². The van der Waals surface area contributed by atoms with Crippen molar-refractivity contribution in [2.75, 3.05) is 6.61 Å². The highest BCUT2D eigenvalue weighted by molar-refractivity contribution is 6.08. The molecule has 0 aromatic heterocycles. The molecule has 0 bridgehead atoms. The van der Waals surface area contributed by atoms with Crippen LogP contribution in [-0.4, -0.2) is 12.4 Å². The van der Waals surface area contributed by atoms with Crippen LogP contribution in [0.25, 0.3) is 0 Å².